The van der Waals surface area contributed by atoms with Crippen LogP contribution in [-0.4, -0.2) is 45.3 Å². The lowest BCUT2D eigenvalue weighted by Gasteiger charge is -2.34. The van der Waals surface area contributed by atoms with Gasteiger partial charge < -0.3 is 14.1 Å². The Morgan fingerprint density at radius 1 is 1.27 bits per heavy atom. The highest BCUT2D eigenvalue weighted by atomic mass is 16.5. The van der Waals surface area contributed by atoms with Crippen LogP contribution in [0.5, 0.6) is 0 Å². The fourth-order valence-corrected chi connectivity index (χ4v) is 3.61. The summed E-state index contributed by atoms with van der Waals surface area (Å²) in [6, 6.07) is 5.44. The molecule has 0 aromatic carbocycles. The van der Waals surface area contributed by atoms with Gasteiger partial charge in [-0.05, 0) is 39.0 Å². The van der Waals surface area contributed by atoms with Crippen LogP contribution in [0.2, 0.25) is 0 Å². The van der Waals surface area contributed by atoms with Crippen LogP contribution in [0.25, 0.3) is 11.0 Å². The first-order valence-electron chi connectivity index (χ1n) is 8.71. The number of aryl methyl sites for hydroxylation is 4. The van der Waals surface area contributed by atoms with E-state index in [-0.39, 0.29) is 11.9 Å². The third kappa shape index (κ3) is 2.68. The van der Waals surface area contributed by atoms with Crippen LogP contribution in [0.3, 0.4) is 0 Å². The Morgan fingerprint density at radius 2 is 2.08 bits per heavy atom. The molecule has 26 heavy (non-hydrogen) atoms. The van der Waals surface area contributed by atoms with Gasteiger partial charge in [-0.3, -0.25) is 9.48 Å². The minimum absolute atomic E-state index is 0.0426. The van der Waals surface area contributed by atoms with Crippen molar-refractivity contribution in [2.24, 2.45) is 7.05 Å². The molecule has 3 aromatic rings. The zero-order chi connectivity index (χ0) is 18.4. The van der Waals surface area contributed by atoms with Crippen LogP contribution in [0, 0.1) is 20.8 Å². The molecule has 7 nitrogen and oxygen atoms in total. The first-order chi connectivity index (χ1) is 12.5. The SMILES string of the molecule is Cc1cc(C(=O)N2CCOCC2c2ccc(C)o2)c2c(C)nn(C)c2n1. The lowest BCUT2D eigenvalue weighted by Crippen LogP contribution is -2.43. The van der Waals surface area contributed by atoms with Crippen LogP contribution in [0.1, 0.15) is 39.3 Å². The van der Waals surface area contributed by atoms with Gasteiger partial charge in [-0.2, -0.15) is 5.10 Å². The van der Waals surface area contributed by atoms with Gasteiger partial charge in [0.1, 0.15) is 17.6 Å². The number of ether oxygens (including phenoxy) is 1. The Hall–Kier alpha value is -2.67. The van der Waals surface area contributed by atoms with Crippen molar-refractivity contribution < 1.29 is 13.9 Å². The molecule has 0 saturated carbocycles. The summed E-state index contributed by atoms with van der Waals surface area (Å²) in [6.07, 6.45) is 0. The maximum atomic E-state index is 13.5. The van der Waals surface area contributed by atoms with Gasteiger partial charge in [-0.1, -0.05) is 0 Å². The van der Waals surface area contributed by atoms with Crippen LogP contribution in [0.4, 0.5) is 0 Å². The smallest absolute Gasteiger partial charge is 0.255 e. The highest BCUT2D eigenvalue weighted by Crippen LogP contribution is 2.30. The standard InChI is InChI=1S/C19H22N4O3/c1-11-9-14(17-13(3)21-22(4)18(17)20-11)19(24)23-7-8-25-10-15(23)16-6-5-12(2)26-16/h5-6,9,15H,7-8,10H2,1-4H3. The van der Waals surface area contributed by atoms with Crippen LogP contribution >= 0.6 is 0 Å². The van der Waals surface area contributed by atoms with E-state index in [1.807, 2.05) is 50.9 Å². The average Bonchev–Trinajstić information content (AvgIpc) is 3.17. The first-order valence-corrected chi connectivity index (χ1v) is 8.71. The summed E-state index contributed by atoms with van der Waals surface area (Å²) in [6.45, 7) is 7.16. The van der Waals surface area contributed by atoms with Crippen LogP contribution < -0.4 is 0 Å². The molecule has 0 aliphatic carbocycles. The van der Waals surface area contributed by atoms with Crippen molar-refractivity contribution in [2.45, 2.75) is 26.8 Å². The number of rotatable bonds is 2. The first kappa shape index (κ1) is 16.8. The Morgan fingerprint density at radius 3 is 2.81 bits per heavy atom. The number of amides is 1. The summed E-state index contributed by atoms with van der Waals surface area (Å²) in [5, 5.41) is 5.25. The molecular formula is C19H22N4O3. The molecule has 0 radical (unpaired) electrons. The van der Waals surface area contributed by atoms with Crippen molar-refractivity contribution in [3.8, 4) is 0 Å². The Balaban J connectivity index is 1.80. The second-order valence-electron chi connectivity index (χ2n) is 6.76. The van der Waals surface area contributed by atoms with E-state index in [0.717, 1.165) is 33.9 Å². The molecule has 1 aliphatic heterocycles. The Kier molecular flexibility index (Phi) is 4.03. The number of pyridine rings is 1. The average molecular weight is 354 g/mol. The number of carbonyl (C=O) groups is 1. The van der Waals surface area contributed by atoms with Gasteiger partial charge in [0, 0.05) is 19.3 Å². The number of nitrogens with zero attached hydrogens (tertiary/aromatic N) is 4. The fourth-order valence-electron chi connectivity index (χ4n) is 3.61. The molecule has 7 heteroatoms. The topological polar surface area (TPSA) is 73.4 Å². The molecule has 4 heterocycles. The predicted octanol–water partition coefficient (Wildman–Crippen LogP) is 2.70. The maximum absolute atomic E-state index is 13.5. The summed E-state index contributed by atoms with van der Waals surface area (Å²) >= 11 is 0. The molecule has 3 aromatic heterocycles. The van der Waals surface area contributed by atoms with E-state index in [2.05, 4.69) is 10.1 Å². The van der Waals surface area contributed by atoms with E-state index in [4.69, 9.17) is 9.15 Å². The third-order valence-electron chi connectivity index (χ3n) is 4.81. The summed E-state index contributed by atoms with van der Waals surface area (Å²) in [5.74, 6) is 1.53. The second kappa shape index (κ2) is 6.25. The Labute approximate surface area is 151 Å². The number of morpholine rings is 1. The molecule has 1 atom stereocenters. The van der Waals surface area contributed by atoms with Gasteiger partial charge in [0.2, 0.25) is 0 Å². The van der Waals surface area contributed by atoms with E-state index >= 15 is 0 Å². The molecule has 1 amide bonds. The maximum Gasteiger partial charge on any atom is 0.255 e. The van der Waals surface area contributed by atoms with Gasteiger partial charge in [0.25, 0.3) is 5.91 Å². The zero-order valence-electron chi connectivity index (χ0n) is 15.4. The molecule has 1 saturated heterocycles. The van der Waals surface area contributed by atoms with E-state index in [9.17, 15) is 4.79 Å². The van der Waals surface area contributed by atoms with E-state index in [1.165, 1.54) is 0 Å². The minimum atomic E-state index is -0.231. The number of fused-ring (bicyclic) bond motifs is 1. The molecule has 0 spiro atoms. The van der Waals surface area contributed by atoms with Gasteiger partial charge in [-0.25, -0.2) is 4.98 Å². The van der Waals surface area contributed by atoms with Crippen molar-refractivity contribution in [1.82, 2.24) is 19.7 Å². The number of aromatic nitrogens is 3. The summed E-state index contributed by atoms with van der Waals surface area (Å²) in [4.78, 5) is 19.9. The molecule has 136 valence electrons. The van der Waals surface area contributed by atoms with Gasteiger partial charge in [-0.15, -0.1) is 0 Å². The summed E-state index contributed by atoms with van der Waals surface area (Å²) < 4.78 is 13.1. The van der Waals surface area contributed by atoms with Crippen LogP contribution in [-0.2, 0) is 11.8 Å². The minimum Gasteiger partial charge on any atom is -0.464 e. The predicted molar refractivity (Wildman–Crippen MR) is 96.0 cm³/mol. The molecule has 0 N–H and O–H groups in total. The molecule has 1 aliphatic rings. The van der Waals surface area contributed by atoms with Crippen molar-refractivity contribution in [1.29, 1.82) is 0 Å². The zero-order valence-corrected chi connectivity index (χ0v) is 15.4. The normalized spacial score (nSPS) is 17.8. The Bertz CT molecular complexity index is 988. The summed E-state index contributed by atoms with van der Waals surface area (Å²) in [5.41, 5.74) is 2.96. The quantitative estimate of drug-likeness (QED) is 0.707. The van der Waals surface area contributed by atoms with Crippen molar-refractivity contribution in [3.63, 3.8) is 0 Å². The lowest BCUT2D eigenvalue weighted by molar-refractivity contribution is -0.00885. The van der Waals surface area contributed by atoms with Gasteiger partial charge >= 0.3 is 0 Å². The molecule has 1 unspecified atom stereocenters. The largest absolute Gasteiger partial charge is 0.464 e. The second-order valence-corrected chi connectivity index (χ2v) is 6.76. The van der Waals surface area contributed by atoms with Crippen molar-refractivity contribution >= 4 is 16.9 Å². The molecule has 0 bridgehead atoms. The van der Waals surface area contributed by atoms with Crippen molar-refractivity contribution in [3.05, 3.63) is 46.7 Å². The monoisotopic (exact) mass is 354 g/mol. The number of hydrogen-bond donors (Lipinski definition) is 0. The number of hydrogen-bond acceptors (Lipinski definition) is 5. The van der Waals surface area contributed by atoms with E-state index in [0.29, 0.717) is 25.3 Å². The van der Waals surface area contributed by atoms with Crippen molar-refractivity contribution in [2.75, 3.05) is 19.8 Å². The highest BCUT2D eigenvalue weighted by Gasteiger charge is 2.33. The number of furan rings is 1. The van der Waals surface area contributed by atoms with E-state index < -0.39 is 0 Å². The van der Waals surface area contributed by atoms with E-state index in [1.54, 1.807) is 4.68 Å². The lowest BCUT2D eigenvalue weighted by atomic mass is 10.1. The van der Waals surface area contributed by atoms with Gasteiger partial charge in [0.15, 0.2) is 5.65 Å². The summed E-state index contributed by atoms with van der Waals surface area (Å²) in [7, 11) is 1.85. The fraction of sp³-hybridized carbons (Fsp3) is 0.421. The molecule has 1 fully saturated rings. The third-order valence-corrected chi connectivity index (χ3v) is 4.81. The van der Waals surface area contributed by atoms with Crippen LogP contribution in [0.15, 0.2) is 22.6 Å². The molecule has 4 rings (SSSR count). The highest BCUT2D eigenvalue weighted by molar-refractivity contribution is 6.06. The van der Waals surface area contributed by atoms with Gasteiger partial charge in [0.05, 0.1) is 29.9 Å². The molecular weight excluding hydrogens is 332 g/mol. The number of carbonyl (C=O) groups excluding carboxylic acids is 1.